The van der Waals surface area contributed by atoms with Crippen molar-refractivity contribution in [2.75, 3.05) is 25.8 Å². The first-order chi connectivity index (χ1) is 12.3. The molecule has 6 heteroatoms. The molecule has 126 valence electrons. The molecule has 4 aromatic rings. The molecule has 5 nitrogen and oxygen atoms in total. The van der Waals surface area contributed by atoms with E-state index in [1.54, 1.807) is 18.4 Å². The van der Waals surface area contributed by atoms with E-state index in [0.717, 1.165) is 38.5 Å². The molecule has 0 atom stereocenters. The number of methoxy groups -OCH3 is 1. The molecule has 0 fully saturated rings. The minimum absolute atomic E-state index is 0.514. The number of nitrogens with zero attached hydrogens (tertiary/aromatic N) is 3. The maximum Gasteiger partial charge on any atom is 0.187 e. The zero-order valence-electron chi connectivity index (χ0n) is 14.1. The third kappa shape index (κ3) is 3.01. The van der Waals surface area contributed by atoms with Crippen LogP contribution >= 0.6 is 11.3 Å². The number of nitrogens with one attached hydrogen (secondary N) is 1. The number of hydrogen-bond acceptors (Lipinski definition) is 5. The van der Waals surface area contributed by atoms with E-state index >= 15 is 0 Å². The molecule has 0 bridgehead atoms. The highest BCUT2D eigenvalue weighted by atomic mass is 32.1. The predicted octanol–water partition coefficient (Wildman–Crippen LogP) is 4.39. The first kappa shape index (κ1) is 15.8. The van der Waals surface area contributed by atoms with Crippen molar-refractivity contribution in [2.45, 2.75) is 0 Å². The van der Waals surface area contributed by atoms with Crippen LogP contribution in [0.25, 0.3) is 33.4 Å². The number of H-pyrrole nitrogens is 1. The van der Waals surface area contributed by atoms with Crippen molar-refractivity contribution in [3.63, 3.8) is 0 Å². The number of aromatic nitrogens is 3. The molecule has 4 rings (SSSR count). The number of ether oxygens (including phenoxy) is 1. The third-order valence-electron chi connectivity index (χ3n) is 4.06. The van der Waals surface area contributed by atoms with Gasteiger partial charge < -0.3 is 14.6 Å². The molecular formula is C19H18N4OS. The fourth-order valence-electron chi connectivity index (χ4n) is 2.82. The van der Waals surface area contributed by atoms with Crippen molar-refractivity contribution in [2.24, 2.45) is 0 Å². The average Bonchev–Trinajstić information content (AvgIpc) is 3.29. The van der Waals surface area contributed by atoms with Crippen LogP contribution in [0.3, 0.4) is 0 Å². The standard InChI is InChI=1S/C19H18N4OS/c1-23(12-24-2)19-22-17(11-25-19)16-10-21-18-15(16)8-14(9-20-18)13-6-4-3-5-7-13/h3-11H,12H2,1-2H3,(H,20,21). The van der Waals surface area contributed by atoms with Crippen LogP contribution in [0.2, 0.25) is 0 Å². The molecular weight excluding hydrogens is 332 g/mol. The van der Waals surface area contributed by atoms with E-state index in [1.807, 2.05) is 42.5 Å². The SMILES string of the molecule is COCN(C)c1nc(-c2c[nH]c3ncc(-c4ccccc4)cc23)cs1. The summed E-state index contributed by atoms with van der Waals surface area (Å²) in [7, 11) is 3.65. The van der Waals surface area contributed by atoms with Gasteiger partial charge in [-0.15, -0.1) is 11.3 Å². The van der Waals surface area contributed by atoms with Crippen LogP contribution in [0.5, 0.6) is 0 Å². The van der Waals surface area contributed by atoms with Crippen molar-refractivity contribution < 1.29 is 4.74 Å². The summed E-state index contributed by atoms with van der Waals surface area (Å²) >= 11 is 1.61. The van der Waals surface area contributed by atoms with Crippen molar-refractivity contribution in [1.82, 2.24) is 15.0 Å². The molecule has 25 heavy (non-hydrogen) atoms. The lowest BCUT2D eigenvalue weighted by molar-refractivity contribution is 0.202. The number of aromatic amines is 1. The Morgan fingerprint density at radius 2 is 2.04 bits per heavy atom. The van der Waals surface area contributed by atoms with Gasteiger partial charge in [0.1, 0.15) is 12.4 Å². The molecule has 0 aliphatic heterocycles. The molecule has 0 saturated carbocycles. The van der Waals surface area contributed by atoms with Crippen molar-refractivity contribution in [1.29, 1.82) is 0 Å². The van der Waals surface area contributed by atoms with E-state index in [2.05, 4.69) is 33.5 Å². The van der Waals surface area contributed by atoms with Crippen molar-refractivity contribution in [3.05, 3.63) is 54.2 Å². The number of anilines is 1. The quantitative estimate of drug-likeness (QED) is 0.542. The van der Waals surface area contributed by atoms with Gasteiger partial charge in [-0.25, -0.2) is 9.97 Å². The number of fused-ring (bicyclic) bond motifs is 1. The maximum absolute atomic E-state index is 5.17. The van der Waals surface area contributed by atoms with Gasteiger partial charge in [-0.2, -0.15) is 0 Å². The number of benzene rings is 1. The molecule has 1 aromatic carbocycles. The molecule has 0 aliphatic rings. The highest BCUT2D eigenvalue weighted by Gasteiger charge is 2.13. The molecule has 0 unspecified atom stereocenters. The number of pyridine rings is 1. The Bertz CT molecular complexity index is 993. The maximum atomic E-state index is 5.17. The second-order valence-electron chi connectivity index (χ2n) is 5.82. The zero-order chi connectivity index (χ0) is 17.2. The largest absolute Gasteiger partial charge is 0.364 e. The second-order valence-corrected chi connectivity index (χ2v) is 6.66. The van der Waals surface area contributed by atoms with Gasteiger partial charge in [-0.3, -0.25) is 0 Å². The van der Waals surface area contributed by atoms with E-state index < -0.39 is 0 Å². The molecule has 1 N–H and O–H groups in total. The monoisotopic (exact) mass is 350 g/mol. The minimum Gasteiger partial charge on any atom is -0.364 e. The summed E-state index contributed by atoms with van der Waals surface area (Å²) in [5, 5.41) is 4.07. The highest BCUT2D eigenvalue weighted by Crippen LogP contribution is 2.33. The van der Waals surface area contributed by atoms with Crippen LogP contribution in [-0.4, -0.2) is 35.8 Å². The summed E-state index contributed by atoms with van der Waals surface area (Å²) < 4.78 is 5.17. The summed E-state index contributed by atoms with van der Waals surface area (Å²) in [4.78, 5) is 14.5. The Balaban J connectivity index is 1.75. The van der Waals surface area contributed by atoms with Gasteiger partial charge in [-0.1, -0.05) is 30.3 Å². The molecule has 3 heterocycles. The molecule has 0 amide bonds. The summed E-state index contributed by atoms with van der Waals surface area (Å²) in [6, 6.07) is 12.4. The van der Waals surface area contributed by atoms with Gasteiger partial charge in [0.05, 0.1) is 5.69 Å². The lowest BCUT2D eigenvalue weighted by Crippen LogP contribution is -2.19. The molecule has 0 spiro atoms. The van der Waals surface area contributed by atoms with Crippen molar-refractivity contribution in [3.8, 4) is 22.4 Å². The van der Waals surface area contributed by atoms with Gasteiger partial charge in [0.15, 0.2) is 5.13 Å². The van der Waals surface area contributed by atoms with E-state index in [-0.39, 0.29) is 0 Å². The van der Waals surface area contributed by atoms with Crippen LogP contribution < -0.4 is 4.90 Å². The Kier molecular flexibility index (Phi) is 4.21. The van der Waals surface area contributed by atoms with Crippen molar-refractivity contribution >= 4 is 27.5 Å². The van der Waals surface area contributed by atoms with Gasteiger partial charge in [0.2, 0.25) is 0 Å². The van der Waals surface area contributed by atoms with Crippen LogP contribution in [0.15, 0.2) is 54.2 Å². The first-order valence-corrected chi connectivity index (χ1v) is 8.83. The molecule has 0 saturated heterocycles. The van der Waals surface area contributed by atoms with Gasteiger partial charge in [0.25, 0.3) is 0 Å². The molecule has 0 radical (unpaired) electrons. The summed E-state index contributed by atoms with van der Waals surface area (Å²) in [5.41, 5.74) is 5.13. The zero-order valence-corrected chi connectivity index (χ0v) is 14.9. The lowest BCUT2D eigenvalue weighted by Gasteiger charge is -2.13. The Morgan fingerprint density at radius 3 is 2.84 bits per heavy atom. The topological polar surface area (TPSA) is 54.0 Å². The van der Waals surface area contributed by atoms with E-state index in [4.69, 9.17) is 9.72 Å². The second kappa shape index (κ2) is 6.66. The van der Waals surface area contributed by atoms with Gasteiger partial charge >= 0.3 is 0 Å². The predicted molar refractivity (Wildman–Crippen MR) is 103 cm³/mol. The fraction of sp³-hybridized carbons (Fsp3) is 0.158. The minimum atomic E-state index is 0.514. The van der Waals surface area contributed by atoms with Crippen LogP contribution in [0, 0.1) is 0 Å². The van der Waals surface area contributed by atoms with Gasteiger partial charge in [-0.05, 0) is 11.6 Å². The Morgan fingerprint density at radius 1 is 1.20 bits per heavy atom. The fourth-order valence-corrected chi connectivity index (χ4v) is 3.60. The van der Waals surface area contributed by atoms with Crippen LogP contribution in [-0.2, 0) is 4.74 Å². The van der Waals surface area contributed by atoms with Crippen LogP contribution in [0.1, 0.15) is 0 Å². The van der Waals surface area contributed by atoms with E-state index in [0.29, 0.717) is 6.73 Å². The van der Waals surface area contributed by atoms with E-state index in [1.165, 1.54) is 0 Å². The summed E-state index contributed by atoms with van der Waals surface area (Å²) in [6.07, 6.45) is 3.87. The van der Waals surface area contributed by atoms with E-state index in [9.17, 15) is 0 Å². The highest BCUT2D eigenvalue weighted by molar-refractivity contribution is 7.14. The van der Waals surface area contributed by atoms with Gasteiger partial charge in [0, 0.05) is 48.4 Å². The number of thiazole rings is 1. The molecule has 0 aliphatic carbocycles. The summed E-state index contributed by atoms with van der Waals surface area (Å²) in [6.45, 7) is 0.514. The Labute approximate surface area is 149 Å². The Hall–Kier alpha value is -2.70. The lowest BCUT2D eigenvalue weighted by atomic mass is 10.1. The molecule has 3 aromatic heterocycles. The average molecular weight is 350 g/mol. The van der Waals surface area contributed by atoms with Crippen LogP contribution in [0.4, 0.5) is 5.13 Å². The first-order valence-electron chi connectivity index (χ1n) is 7.95. The summed E-state index contributed by atoms with van der Waals surface area (Å²) in [5.74, 6) is 0. The number of hydrogen-bond donors (Lipinski definition) is 1. The normalized spacial score (nSPS) is 11.1. The third-order valence-corrected chi connectivity index (χ3v) is 5.01. The smallest absolute Gasteiger partial charge is 0.187 e. The number of rotatable bonds is 5.